The summed E-state index contributed by atoms with van der Waals surface area (Å²) in [5, 5.41) is 3.44. The SMILES string of the molecule is CCO[C@H]1CN(c2ccccn2)CC1Nc1c(C)nc(-c2ccc(OC)nc2C)n(C)c1=O. The zero-order valence-electron chi connectivity index (χ0n) is 19.7. The van der Waals surface area contributed by atoms with Gasteiger partial charge in [0, 0.05) is 44.6 Å². The molecule has 33 heavy (non-hydrogen) atoms. The number of aromatic nitrogens is 4. The van der Waals surface area contributed by atoms with Crippen LogP contribution in [0, 0.1) is 13.8 Å². The lowest BCUT2D eigenvalue weighted by Crippen LogP contribution is -2.38. The first-order chi connectivity index (χ1) is 15.9. The lowest BCUT2D eigenvalue weighted by Gasteiger charge is -2.22. The van der Waals surface area contributed by atoms with Crippen LogP contribution in [0.15, 0.2) is 41.3 Å². The Morgan fingerprint density at radius 1 is 1.12 bits per heavy atom. The molecule has 1 fully saturated rings. The first-order valence-corrected chi connectivity index (χ1v) is 11.1. The van der Waals surface area contributed by atoms with Crippen molar-refractivity contribution in [1.29, 1.82) is 0 Å². The second-order valence-corrected chi connectivity index (χ2v) is 8.08. The summed E-state index contributed by atoms with van der Waals surface area (Å²) in [6.45, 7) is 7.67. The first kappa shape index (κ1) is 22.7. The number of hydrogen-bond donors (Lipinski definition) is 1. The Kier molecular flexibility index (Phi) is 6.60. The molecule has 2 atom stereocenters. The number of aryl methyl sites for hydroxylation is 2. The monoisotopic (exact) mass is 450 g/mol. The van der Waals surface area contributed by atoms with Gasteiger partial charge in [0.15, 0.2) is 0 Å². The van der Waals surface area contributed by atoms with E-state index in [1.807, 2.05) is 45.0 Å². The highest BCUT2D eigenvalue weighted by Crippen LogP contribution is 2.26. The molecule has 3 aromatic rings. The second-order valence-electron chi connectivity index (χ2n) is 8.08. The van der Waals surface area contributed by atoms with E-state index < -0.39 is 0 Å². The Morgan fingerprint density at radius 3 is 2.61 bits per heavy atom. The van der Waals surface area contributed by atoms with E-state index in [0.29, 0.717) is 42.8 Å². The highest BCUT2D eigenvalue weighted by Gasteiger charge is 2.35. The maximum atomic E-state index is 13.4. The molecule has 0 spiro atoms. The Hall–Kier alpha value is -3.46. The van der Waals surface area contributed by atoms with E-state index in [4.69, 9.17) is 14.5 Å². The van der Waals surface area contributed by atoms with Gasteiger partial charge in [-0.25, -0.2) is 15.0 Å². The van der Waals surface area contributed by atoms with Gasteiger partial charge in [-0.05, 0) is 39.0 Å². The fraction of sp³-hybridized carbons (Fsp3) is 0.417. The maximum Gasteiger partial charge on any atom is 0.277 e. The van der Waals surface area contributed by atoms with E-state index in [1.165, 1.54) is 0 Å². The normalized spacial score (nSPS) is 17.9. The minimum Gasteiger partial charge on any atom is -0.481 e. The summed E-state index contributed by atoms with van der Waals surface area (Å²) in [5.41, 5.74) is 2.52. The van der Waals surface area contributed by atoms with E-state index >= 15 is 0 Å². The molecule has 0 saturated carbocycles. The van der Waals surface area contributed by atoms with Crippen LogP contribution in [0.25, 0.3) is 11.4 Å². The Morgan fingerprint density at radius 2 is 1.94 bits per heavy atom. The highest BCUT2D eigenvalue weighted by molar-refractivity contribution is 5.62. The molecule has 174 valence electrons. The smallest absolute Gasteiger partial charge is 0.277 e. The number of rotatable bonds is 7. The summed E-state index contributed by atoms with van der Waals surface area (Å²) in [6, 6.07) is 9.43. The molecule has 0 amide bonds. The fourth-order valence-electron chi connectivity index (χ4n) is 4.21. The number of nitrogens with one attached hydrogen (secondary N) is 1. The third-order valence-electron chi connectivity index (χ3n) is 5.93. The van der Waals surface area contributed by atoms with E-state index in [9.17, 15) is 4.79 Å². The number of anilines is 2. The van der Waals surface area contributed by atoms with Gasteiger partial charge in [0.1, 0.15) is 17.3 Å². The summed E-state index contributed by atoms with van der Waals surface area (Å²) < 4.78 is 12.8. The zero-order valence-corrected chi connectivity index (χ0v) is 19.7. The summed E-state index contributed by atoms with van der Waals surface area (Å²) in [7, 11) is 3.31. The van der Waals surface area contributed by atoms with Crippen molar-refractivity contribution in [2.45, 2.75) is 32.9 Å². The summed E-state index contributed by atoms with van der Waals surface area (Å²) in [4.78, 5) is 29.2. The van der Waals surface area contributed by atoms with Crippen LogP contribution < -0.4 is 20.5 Å². The Balaban J connectivity index is 1.64. The van der Waals surface area contributed by atoms with Crippen LogP contribution >= 0.6 is 0 Å². The highest BCUT2D eigenvalue weighted by atomic mass is 16.5. The average molecular weight is 451 g/mol. The molecule has 0 bridgehead atoms. The summed E-state index contributed by atoms with van der Waals surface area (Å²) in [5.74, 6) is 1.99. The minimum absolute atomic E-state index is 0.0737. The minimum atomic E-state index is -0.140. The number of ether oxygens (including phenoxy) is 2. The lowest BCUT2D eigenvalue weighted by atomic mass is 10.1. The quantitative estimate of drug-likeness (QED) is 0.587. The molecule has 1 saturated heterocycles. The van der Waals surface area contributed by atoms with Crippen LogP contribution in [-0.2, 0) is 11.8 Å². The third-order valence-corrected chi connectivity index (χ3v) is 5.93. The van der Waals surface area contributed by atoms with Gasteiger partial charge < -0.3 is 19.7 Å². The number of pyridine rings is 2. The molecule has 1 N–H and O–H groups in total. The molecule has 4 heterocycles. The van der Waals surface area contributed by atoms with E-state index in [-0.39, 0.29) is 17.7 Å². The third kappa shape index (κ3) is 4.54. The molecule has 9 nitrogen and oxygen atoms in total. The van der Waals surface area contributed by atoms with Crippen LogP contribution in [0.4, 0.5) is 11.5 Å². The second kappa shape index (κ2) is 9.58. The largest absolute Gasteiger partial charge is 0.481 e. The van der Waals surface area contributed by atoms with Crippen LogP contribution in [0.2, 0.25) is 0 Å². The van der Waals surface area contributed by atoms with Crippen LogP contribution in [0.1, 0.15) is 18.3 Å². The maximum absolute atomic E-state index is 13.4. The van der Waals surface area contributed by atoms with Gasteiger partial charge in [-0.1, -0.05) is 6.07 Å². The number of nitrogens with zero attached hydrogens (tertiary/aromatic N) is 5. The van der Waals surface area contributed by atoms with Gasteiger partial charge in [0.25, 0.3) is 5.56 Å². The van der Waals surface area contributed by atoms with Crippen LogP contribution in [0.3, 0.4) is 0 Å². The number of methoxy groups -OCH3 is 1. The predicted octanol–water partition coefficient (Wildman–Crippen LogP) is 2.57. The van der Waals surface area contributed by atoms with Crippen molar-refractivity contribution in [3.05, 3.63) is 58.3 Å². The fourth-order valence-corrected chi connectivity index (χ4v) is 4.21. The lowest BCUT2D eigenvalue weighted by molar-refractivity contribution is 0.0720. The van der Waals surface area contributed by atoms with Gasteiger partial charge in [-0.3, -0.25) is 9.36 Å². The zero-order chi connectivity index (χ0) is 23.5. The molecule has 1 aliphatic heterocycles. The molecule has 0 aliphatic carbocycles. The van der Waals surface area contributed by atoms with Crippen molar-refractivity contribution >= 4 is 11.5 Å². The number of hydrogen-bond acceptors (Lipinski definition) is 8. The van der Waals surface area contributed by atoms with Gasteiger partial charge >= 0.3 is 0 Å². The molecular weight excluding hydrogens is 420 g/mol. The van der Waals surface area contributed by atoms with Gasteiger partial charge in [0.05, 0.1) is 30.6 Å². The molecule has 4 rings (SSSR count). The molecule has 1 unspecified atom stereocenters. The van der Waals surface area contributed by atoms with Crippen molar-refractivity contribution in [2.75, 3.05) is 37.0 Å². The van der Waals surface area contributed by atoms with Crippen molar-refractivity contribution in [2.24, 2.45) is 7.05 Å². The van der Waals surface area contributed by atoms with E-state index in [1.54, 1.807) is 31.0 Å². The van der Waals surface area contributed by atoms with Crippen molar-refractivity contribution in [3.8, 4) is 17.3 Å². The first-order valence-electron chi connectivity index (χ1n) is 11.1. The summed E-state index contributed by atoms with van der Waals surface area (Å²) >= 11 is 0. The summed E-state index contributed by atoms with van der Waals surface area (Å²) in [6.07, 6.45) is 1.71. The molecule has 0 aromatic carbocycles. The van der Waals surface area contributed by atoms with Crippen LogP contribution in [0.5, 0.6) is 5.88 Å². The molecule has 9 heteroatoms. The molecule has 3 aromatic heterocycles. The van der Waals surface area contributed by atoms with E-state index in [0.717, 1.165) is 17.1 Å². The molecule has 0 radical (unpaired) electrons. The predicted molar refractivity (Wildman–Crippen MR) is 128 cm³/mol. The van der Waals surface area contributed by atoms with Gasteiger partial charge in [0.2, 0.25) is 5.88 Å². The van der Waals surface area contributed by atoms with Crippen LogP contribution in [-0.4, -0.2) is 58.5 Å². The average Bonchev–Trinajstić information content (AvgIpc) is 3.22. The molecule has 1 aliphatic rings. The van der Waals surface area contributed by atoms with Crippen molar-refractivity contribution < 1.29 is 9.47 Å². The Labute approximate surface area is 193 Å². The van der Waals surface area contributed by atoms with Gasteiger partial charge in [-0.2, -0.15) is 0 Å². The van der Waals surface area contributed by atoms with E-state index in [2.05, 4.69) is 20.2 Å². The molecular formula is C24H30N6O3. The Bertz CT molecular complexity index is 1180. The standard InChI is InChI=1S/C24H30N6O3/c1-6-33-19-14-30(20-9-7-8-12-25-20)13-18(19)28-22-16(3)27-23(29(4)24(22)31)17-10-11-21(32-5)26-15(17)2/h7-12,18-19,28H,6,13-14H2,1-5H3/t18?,19-/m0/s1. The topological polar surface area (TPSA) is 94.4 Å². The van der Waals surface area contributed by atoms with Gasteiger partial charge in [-0.15, -0.1) is 0 Å². The van der Waals surface area contributed by atoms with Crippen molar-refractivity contribution in [1.82, 2.24) is 19.5 Å². The van der Waals surface area contributed by atoms with Crippen molar-refractivity contribution in [3.63, 3.8) is 0 Å².